The maximum Gasteiger partial charge on any atom is 0.00478 e. The van der Waals surface area contributed by atoms with Crippen LogP contribution in [0.25, 0.3) is 0 Å². The summed E-state index contributed by atoms with van der Waals surface area (Å²) >= 11 is 4.50. The summed E-state index contributed by atoms with van der Waals surface area (Å²) in [6, 6.07) is 0. The fraction of sp³-hybridized carbons (Fsp3) is 1.00. The van der Waals surface area contributed by atoms with Crippen molar-refractivity contribution >= 4 is 12.6 Å². The normalized spacial score (nSPS) is 52.9. The second-order valence-electron chi connectivity index (χ2n) is 3.24. The molecule has 0 saturated heterocycles. The zero-order chi connectivity index (χ0) is 5.56. The summed E-state index contributed by atoms with van der Waals surface area (Å²) in [5, 5.41) is 0.772. The highest BCUT2D eigenvalue weighted by Gasteiger charge is 2.37. The molecule has 1 heteroatoms. The molecule has 0 amide bonds. The van der Waals surface area contributed by atoms with E-state index in [4.69, 9.17) is 0 Å². The number of hydrogen-bond donors (Lipinski definition) is 1. The monoisotopic (exact) mass is 128 g/mol. The third-order valence-electron chi connectivity index (χ3n) is 2.70. The molecule has 0 aliphatic heterocycles. The molecule has 0 spiro atoms. The van der Waals surface area contributed by atoms with Crippen LogP contribution in [0.3, 0.4) is 0 Å². The Balaban J connectivity index is 2.11. The molecule has 2 aliphatic rings. The number of hydrogen-bond acceptors (Lipinski definition) is 1. The van der Waals surface area contributed by atoms with E-state index in [0.717, 1.165) is 17.1 Å². The van der Waals surface area contributed by atoms with E-state index in [1.54, 1.807) is 0 Å². The lowest BCUT2D eigenvalue weighted by Crippen LogP contribution is -2.08. The summed E-state index contributed by atoms with van der Waals surface area (Å²) in [6.45, 7) is 0. The number of fused-ring (bicyclic) bond motifs is 2. The topological polar surface area (TPSA) is 0 Å². The SMILES string of the molecule is S[C@@H]1C[C@H]2CC[C@@H]1C2. The van der Waals surface area contributed by atoms with Crippen LogP contribution in [0.1, 0.15) is 25.7 Å². The van der Waals surface area contributed by atoms with Crippen LogP contribution in [0.5, 0.6) is 0 Å². The molecule has 0 aromatic rings. The van der Waals surface area contributed by atoms with Gasteiger partial charge in [0.25, 0.3) is 0 Å². The molecular formula is C7H12S. The van der Waals surface area contributed by atoms with Gasteiger partial charge in [-0.15, -0.1) is 0 Å². The van der Waals surface area contributed by atoms with Crippen molar-refractivity contribution < 1.29 is 0 Å². The number of rotatable bonds is 0. The summed E-state index contributed by atoms with van der Waals surface area (Å²) in [6.07, 6.45) is 5.88. The van der Waals surface area contributed by atoms with Gasteiger partial charge < -0.3 is 0 Å². The highest BCUT2D eigenvalue weighted by Crippen LogP contribution is 2.46. The molecule has 0 aromatic carbocycles. The van der Waals surface area contributed by atoms with Gasteiger partial charge in [-0.2, -0.15) is 12.6 Å². The largest absolute Gasteiger partial charge is 0.176 e. The molecule has 46 valence electrons. The summed E-state index contributed by atoms with van der Waals surface area (Å²) in [4.78, 5) is 0. The highest BCUT2D eigenvalue weighted by molar-refractivity contribution is 7.81. The fourth-order valence-corrected chi connectivity index (χ4v) is 2.78. The van der Waals surface area contributed by atoms with Crippen molar-refractivity contribution in [2.75, 3.05) is 0 Å². The summed E-state index contributed by atoms with van der Waals surface area (Å²) in [5.41, 5.74) is 0. The molecule has 0 N–H and O–H groups in total. The zero-order valence-electron chi connectivity index (χ0n) is 5.01. The molecule has 0 radical (unpaired) electrons. The van der Waals surface area contributed by atoms with Crippen LogP contribution in [-0.2, 0) is 0 Å². The average Bonchev–Trinajstić information content (AvgIpc) is 2.23. The Kier molecular flexibility index (Phi) is 1.07. The van der Waals surface area contributed by atoms with Gasteiger partial charge in [0.1, 0.15) is 0 Å². The van der Waals surface area contributed by atoms with E-state index in [1.807, 2.05) is 0 Å². The quantitative estimate of drug-likeness (QED) is 0.475. The van der Waals surface area contributed by atoms with Gasteiger partial charge in [-0.05, 0) is 31.1 Å². The Hall–Kier alpha value is 0.350. The van der Waals surface area contributed by atoms with Gasteiger partial charge in [-0.25, -0.2) is 0 Å². The van der Waals surface area contributed by atoms with Crippen LogP contribution in [0.4, 0.5) is 0 Å². The van der Waals surface area contributed by atoms with E-state index in [0.29, 0.717) is 0 Å². The fourth-order valence-electron chi connectivity index (χ4n) is 2.21. The van der Waals surface area contributed by atoms with E-state index < -0.39 is 0 Å². The third kappa shape index (κ3) is 0.604. The maximum atomic E-state index is 4.50. The second kappa shape index (κ2) is 1.66. The van der Waals surface area contributed by atoms with Crippen LogP contribution in [0.15, 0.2) is 0 Å². The average molecular weight is 128 g/mol. The van der Waals surface area contributed by atoms with Crippen molar-refractivity contribution in [3.8, 4) is 0 Å². The standard InChI is InChI=1S/C7H12S/c8-7-4-5-1-2-6(7)3-5/h5-8H,1-4H2/t5-,6+,7+/m0/s1. The highest BCUT2D eigenvalue weighted by atomic mass is 32.1. The van der Waals surface area contributed by atoms with Gasteiger partial charge >= 0.3 is 0 Å². The van der Waals surface area contributed by atoms with Crippen molar-refractivity contribution in [3.05, 3.63) is 0 Å². The Morgan fingerprint density at radius 2 is 2.00 bits per heavy atom. The van der Waals surface area contributed by atoms with Crippen molar-refractivity contribution in [1.82, 2.24) is 0 Å². The molecule has 0 unspecified atom stereocenters. The Morgan fingerprint density at radius 3 is 2.25 bits per heavy atom. The van der Waals surface area contributed by atoms with Gasteiger partial charge in [-0.1, -0.05) is 6.42 Å². The first kappa shape index (κ1) is 5.16. The minimum absolute atomic E-state index is 0.772. The molecule has 3 atom stereocenters. The van der Waals surface area contributed by atoms with E-state index in [2.05, 4.69) is 12.6 Å². The van der Waals surface area contributed by atoms with Gasteiger partial charge in [0.05, 0.1) is 0 Å². The second-order valence-corrected chi connectivity index (χ2v) is 3.91. The van der Waals surface area contributed by atoms with Crippen LogP contribution in [0.2, 0.25) is 0 Å². The maximum absolute atomic E-state index is 4.50. The first-order valence-corrected chi connectivity index (χ1v) is 4.06. The van der Waals surface area contributed by atoms with Crippen LogP contribution >= 0.6 is 12.6 Å². The lowest BCUT2D eigenvalue weighted by Gasteiger charge is -2.14. The van der Waals surface area contributed by atoms with Crippen molar-refractivity contribution in [3.63, 3.8) is 0 Å². The molecule has 0 nitrogen and oxygen atoms in total. The summed E-state index contributed by atoms with van der Waals surface area (Å²) in [5.74, 6) is 2.07. The minimum Gasteiger partial charge on any atom is -0.176 e. The molecule has 8 heavy (non-hydrogen) atoms. The lowest BCUT2D eigenvalue weighted by atomic mass is 10.0. The molecule has 0 aromatic heterocycles. The van der Waals surface area contributed by atoms with E-state index in [1.165, 1.54) is 25.7 Å². The van der Waals surface area contributed by atoms with E-state index >= 15 is 0 Å². The molecular weight excluding hydrogens is 116 g/mol. The summed E-state index contributed by atoms with van der Waals surface area (Å²) in [7, 11) is 0. The van der Waals surface area contributed by atoms with Gasteiger partial charge in [0.2, 0.25) is 0 Å². The first-order chi connectivity index (χ1) is 3.86. The third-order valence-corrected chi connectivity index (χ3v) is 3.33. The van der Waals surface area contributed by atoms with Crippen LogP contribution in [-0.4, -0.2) is 5.25 Å². The smallest absolute Gasteiger partial charge is 0.00478 e. The van der Waals surface area contributed by atoms with Gasteiger partial charge in [0.15, 0.2) is 0 Å². The molecule has 2 bridgehead atoms. The Bertz CT molecular complexity index is 98.6. The minimum atomic E-state index is 0.772. The Morgan fingerprint density at radius 1 is 1.12 bits per heavy atom. The predicted molar refractivity (Wildman–Crippen MR) is 38.2 cm³/mol. The summed E-state index contributed by atoms with van der Waals surface area (Å²) < 4.78 is 0. The first-order valence-electron chi connectivity index (χ1n) is 3.54. The molecule has 2 fully saturated rings. The van der Waals surface area contributed by atoms with Crippen LogP contribution in [0, 0.1) is 11.8 Å². The molecule has 2 saturated carbocycles. The van der Waals surface area contributed by atoms with Crippen molar-refractivity contribution in [1.29, 1.82) is 0 Å². The van der Waals surface area contributed by atoms with Crippen LogP contribution < -0.4 is 0 Å². The molecule has 0 heterocycles. The Labute approximate surface area is 56.1 Å². The van der Waals surface area contributed by atoms with Crippen molar-refractivity contribution in [2.24, 2.45) is 11.8 Å². The predicted octanol–water partition coefficient (Wildman–Crippen LogP) is 2.10. The number of thiol groups is 1. The molecule has 2 rings (SSSR count). The van der Waals surface area contributed by atoms with Crippen molar-refractivity contribution in [2.45, 2.75) is 30.9 Å². The van der Waals surface area contributed by atoms with E-state index in [9.17, 15) is 0 Å². The molecule has 2 aliphatic carbocycles. The van der Waals surface area contributed by atoms with E-state index in [-0.39, 0.29) is 0 Å². The zero-order valence-corrected chi connectivity index (χ0v) is 5.90. The van der Waals surface area contributed by atoms with Gasteiger partial charge in [0, 0.05) is 5.25 Å². The van der Waals surface area contributed by atoms with Gasteiger partial charge in [-0.3, -0.25) is 0 Å². The lowest BCUT2D eigenvalue weighted by molar-refractivity contribution is 0.494.